The molecular weight excluding hydrogens is 452 g/mol. The number of nitrogens with zero attached hydrogens (tertiary/aromatic N) is 7. The van der Waals surface area contributed by atoms with Gasteiger partial charge in [0.1, 0.15) is 5.82 Å². The molecule has 0 bridgehead atoms. The average Bonchev–Trinajstić information content (AvgIpc) is 3.40. The van der Waals surface area contributed by atoms with Crippen molar-refractivity contribution >= 4 is 22.6 Å². The zero-order chi connectivity index (χ0) is 23.2. The van der Waals surface area contributed by atoms with Crippen LogP contribution < -0.4 is 5.69 Å². The fourth-order valence-electron chi connectivity index (χ4n) is 4.56. The maximum absolute atomic E-state index is 12.7. The van der Waals surface area contributed by atoms with Gasteiger partial charge in [-0.25, -0.2) is 14.8 Å². The van der Waals surface area contributed by atoms with Crippen LogP contribution in [0, 0.1) is 11.3 Å². The van der Waals surface area contributed by atoms with Crippen molar-refractivity contribution in [3.05, 3.63) is 87.8 Å². The number of nitriles is 1. The van der Waals surface area contributed by atoms with Crippen molar-refractivity contribution in [2.45, 2.75) is 24.8 Å². The molecule has 0 spiro atoms. The van der Waals surface area contributed by atoms with Crippen LogP contribution in [0.2, 0.25) is 5.02 Å². The number of hydrogen-bond acceptors (Lipinski definition) is 6. The molecule has 1 fully saturated rings. The van der Waals surface area contributed by atoms with E-state index in [1.165, 1.54) is 0 Å². The summed E-state index contributed by atoms with van der Waals surface area (Å²) in [5, 5.41) is 18.6. The Morgan fingerprint density at radius 3 is 2.62 bits per heavy atom. The minimum absolute atomic E-state index is 0.00649. The third-order valence-electron chi connectivity index (χ3n) is 6.24. The average molecular weight is 469 g/mol. The Balaban J connectivity index is 1.38. The summed E-state index contributed by atoms with van der Waals surface area (Å²) in [5.41, 5.74) is 2.53. The minimum atomic E-state index is -0.181. The zero-order valence-corrected chi connectivity index (χ0v) is 18.5. The van der Waals surface area contributed by atoms with Crippen LogP contribution in [0.3, 0.4) is 0 Å². The van der Waals surface area contributed by atoms with E-state index in [0.29, 0.717) is 40.6 Å². The number of halogens is 1. The number of aromatic amines is 1. The molecule has 3 heterocycles. The Hall–Kier alpha value is -4.29. The first kappa shape index (κ1) is 20.3. The molecular formula is C24H17ClN8O. The van der Waals surface area contributed by atoms with Crippen LogP contribution in [0.1, 0.15) is 36.2 Å². The standard InChI is InChI=1S/C24H17ClN8O/c25-17-4-1-2-5-19(17)33-22(30-31-23(33)21-27-8-3-9-28-21)15-11-16(12-15)32-20-7-6-14(13-26)10-18(20)29-24(32)34/h1-10,15-16H,11-12H2,(H,29,34). The highest BCUT2D eigenvalue weighted by Gasteiger charge is 2.38. The fourth-order valence-corrected chi connectivity index (χ4v) is 4.78. The molecule has 1 aliphatic carbocycles. The molecule has 0 amide bonds. The van der Waals surface area contributed by atoms with Gasteiger partial charge in [0.2, 0.25) is 5.82 Å². The van der Waals surface area contributed by atoms with Gasteiger partial charge in [-0.2, -0.15) is 5.26 Å². The van der Waals surface area contributed by atoms with Crippen molar-refractivity contribution in [2.75, 3.05) is 0 Å². The summed E-state index contributed by atoms with van der Waals surface area (Å²) in [6.45, 7) is 0. The quantitative estimate of drug-likeness (QED) is 0.425. The molecule has 0 radical (unpaired) electrons. The molecule has 0 saturated heterocycles. The van der Waals surface area contributed by atoms with Crippen LogP contribution in [-0.4, -0.2) is 34.3 Å². The van der Waals surface area contributed by atoms with Gasteiger partial charge in [0, 0.05) is 24.4 Å². The normalized spacial score (nSPS) is 17.4. The summed E-state index contributed by atoms with van der Waals surface area (Å²) in [5.74, 6) is 1.80. The molecule has 0 atom stereocenters. The second kappa shape index (κ2) is 7.93. The largest absolute Gasteiger partial charge is 0.326 e. The van der Waals surface area contributed by atoms with Crippen LogP contribution in [0.5, 0.6) is 0 Å². The summed E-state index contributed by atoms with van der Waals surface area (Å²) in [7, 11) is 0. The molecule has 2 aromatic carbocycles. The predicted molar refractivity (Wildman–Crippen MR) is 126 cm³/mol. The Kier molecular flexibility index (Phi) is 4.74. The Labute approximate surface area is 198 Å². The number of para-hydroxylation sites is 1. The molecule has 5 aromatic rings. The SMILES string of the molecule is N#Cc1ccc2c(c1)[nH]c(=O)n2C1CC(c2nnc(-c3ncccn3)n2-c2ccccc2Cl)C1. The Morgan fingerprint density at radius 1 is 1.06 bits per heavy atom. The van der Waals surface area contributed by atoms with Crippen LogP contribution >= 0.6 is 11.6 Å². The highest BCUT2D eigenvalue weighted by atomic mass is 35.5. The maximum atomic E-state index is 12.7. The molecule has 6 rings (SSSR count). The summed E-state index contributed by atoms with van der Waals surface area (Å²) < 4.78 is 3.68. The second-order valence-electron chi connectivity index (χ2n) is 8.21. The van der Waals surface area contributed by atoms with Crippen molar-refractivity contribution < 1.29 is 0 Å². The molecule has 1 N–H and O–H groups in total. The van der Waals surface area contributed by atoms with Gasteiger partial charge in [-0.05, 0) is 49.2 Å². The highest BCUT2D eigenvalue weighted by molar-refractivity contribution is 6.32. The van der Waals surface area contributed by atoms with Crippen LogP contribution in [0.25, 0.3) is 28.4 Å². The van der Waals surface area contributed by atoms with Gasteiger partial charge in [-0.3, -0.25) is 9.13 Å². The smallest absolute Gasteiger partial charge is 0.305 e. The van der Waals surface area contributed by atoms with Gasteiger partial charge in [0.25, 0.3) is 0 Å². The van der Waals surface area contributed by atoms with Gasteiger partial charge >= 0.3 is 5.69 Å². The van der Waals surface area contributed by atoms with Crippen molar-refractivity contribution in [3.8, 4) is 23.4 Å². The number of benzene rings is 2. The van der Waals surface area contributed by atoms with E-state index in [1.807, 2.05) is 34.9 Å². The molecule has 9 nitrogen and oxygen atoms in total. The van der Waals surface area contributed by atoms with E-state index in [-0.39, 0.29) is 17.6 Å². The number of fused-ring (bicyclic) bond motifs is 1. The van der Waals surface area contributed by atoms with Crippen molar-refractivity contribution in [3.63, 3.8) is 0 Å². The predicted octanol–water partition coefficient (Wildman–Crippen LogP) is 4.01. The summed E-state index contributed by atoms with van der Waals surface area (Å²) >= 11 is 6.54. The first-order chi connectivity index (χ1) is 16.6. The Morgan fingerprint density at radius 2 is 1.85 bits per heavy atom. The third-order valence-corrected chi connectivity index (χ3v) is 6.56. The van der Waals surface area contributed by atoms with Crippen LogP contribution in [0.15, 0.2) is 65.7 Å². The van der Waals surface area contributed by atoms with Crippen LogP contribution in [-0.2, 0) is 0 Å². The van der Waals surface area contributed by atoms with Gasteiger partial charge in [0.15, 0.2) is 5.82 Å². The van der Waals surface area contributed by atoms with Crippen LogP contribution in [0.4, 0.5) is 0 Å². The molecule has 0 aliphatic heterocycles. The van der Waals surface area contributed by atoms with E-state index in [9.17, 15) is 4.79 Å². The summed E-state index contributed by atoms with van der Waals surface area (Å²) in [6.07, 6.45) is 4.75. The lowest BCUT2D eigenvalue weighted by molar-refractivity contribution is 0.254. The van der Waals surface area contributed by atoms with E-state index in [0.717, 1.165) is 17.0 Å². The first-order valence-electron chi connectivity index (χ1n) is 10.8. The first-order valence-corrected chi connectivity index (χ1v) is 11.1. The van der Waals surface area contributed by atoms with E-state index < -0.39 is 0 Å². The number of imidazole rings is 1. The van der Waals surface area contributed by atoms with Gasteiger partial charge in [-0.15, -0.1) is 10.2 Å². The molecule has 1 aliphatic rings. The molecule has 3 aromatic heterocycles. The number of rotatable bonds is 4. The van der Waals surface area contributed by atoms with E-state index >= 15 is 0 Å². The summed E-state index contributed by atoms with van der Waals surface area (Å²) in [4.78, 5) is 24.3. The summed E-state index contributed by atoms with van der Waals surface area (Å²) in [6, 6.07) is 16.6. The van der Waals surface area contributed by atoms with Gasteiger partial charge in [-0.1, -0.05) is 23.7 Å². The highest BCUT2D eigenvalue weighted by Crippen LogP contribution is 2.45. The van der Waals surface area contributed by atoms with E-state index in [4.69, 9.17) is 16.9 Å². The fraction of sp³-hybridized carbons (Fsp3) is 0.167. The lowest BCUT2D eigenvalue weighted by Crippen LogP contribution is -2.32. The number of hydrogen-bond donors (Lipinski definition) is 1. The van der Waals surface area contributed by atoms with E-state index in [2.05, 4.69) is 31.2 Å². The number of nitrogens with one attached hydrogen (secondary N) is 1. The molecule has 0 unspecified atom stereocenters. The lowest BCUT2D eigenvalue weighted by atomic mass is 9.79. The molecule has 1 saturated carbocycles. The zero-order valence-electron chi connectivity index (χ0n) is 17.8. The second-order valence-corrected chi connectivity index (χ2v) is 8.61. The van der Waals surface area contributed by atoms with Gasteiger partial charge in [0.05, 0.1) is 33.4 Å². The van der Waals surface area contributed by atoms with Crippen molar-refractivity contribution in [1.29, 1.82) is 5.26 Å². The topological polar surface area (TPSA) is 118 Å². The maximum Gasteiger partial charge on any atom is 0.326 e. The molecule has 34 heavy (non-hydrogen) atoms. The van der Waals surface area contributed by atoms with Gasteiger partial charge < -0.3 is 4.98 Å². The number of H-pyrrole nitrogens is 1. The lowest BCUT2D eigenvalue weighted by Gasteiger charge is -2.35. The van der Waals surface area contributed by atoms with Crippen molar-refractivity contribution in [1.82, 2.24) is 34.3 Å². The Bertz CT molecular complexity index is 1620. The monoisotopic (exact) mass is 468 g/mol. The molecule has 10 heteroatoms. The molecule has 166 valence electrons. The van der Waals surface area contributed by atoms with Crippen molar-refractivity contribution in [2.24, 2.45) is 0 Å². The third kappa shape index (κ3) is 3.19. The number of aromatic nitrogens is 7. The van der Waals surface area contributed by atoms with E-state index in [1.54, 1.807) is 35.2 Å². The minimum Gasteiger partial charge on any atom is -0.305 e.